The van der Waals surface area contributed by atoms with Gasteiger partial charge < -0.3 is 10.1 Å². The Hall–Kier alpha value is -1.14. The SMILES string of the molecule is CC(C)CCOc1ccc(C(=O)NC(=S)NC2CCCCC2)cc1Br. The predicted octanol–water partition coefficient (Wildman–Crippen LogP) is 4.81. The molecule has 4 nitrogen and oxygen atoms in total. The lowest BCUT2D eigenvalue weighted by Crippen LogP contribution is -2.45. The summed E-state index contributed by atoms with van der Waals surface area (Å²) in [4.78, 5) is 12.4. The van der Waals surface area contributed by atoms with Gasteiger partial charge in [0, 0.05) is 11.6 Å². The quantitative estimate of drug-likeness (QED) is 0.640. The van der Waals surface area contributed by atoms with E-state index in [0.29, 0.717) is 29.2 Å². The average Bonchev–Trinajstić information content (AvgIpc) is 2.56. The summed E-state index contributed by atoms with van der Waals surface area (Å²) in [6, 6.07) is 5.72. The van der Waals surface area contributed by atoms with Gasteiger partial charge in [-0.1, -0.05) is 33.1 Å². The van der Waals surface area contributed by atoms with Gasteiger partial charge in [0.1, 0.15) is 5.75 Å². The van der Waals surface area contributed by atoms with Crippen molar-refractivity contribution in [2.24, 2.45) is 5.92 Å². The molecule has 138 valence electrons. The maximum Gasteiger partial charge on any atom is 0.257 e. The van der Waals surface area contributed by atoms with E-state index in [1.165, 1.54) is 19.3 Å². The number of nitrogens with one attached hydrogen (secondary N) is 2. The van der Waals surface area contributed by atoms with E-state index in [0.717, 1.165) is 29.5 Å². The summed E-state index contributed by atoms with van der Waals surface area (Å²) in [5.74, 6) is 1.14. The fourth-order valence-corrected chi connectivity index (χ4v) is 3.56. The third-order valence-electron chi connectivity index (χ3n) is 4.31. The molecule has 2 N–H and O–H groups in total. The van der Waals surface area contributed by atoms with E-state index in [2.05, 4.69) is 40.4 Å². The first-order valence-electron chi connectivity index (χ1n) is 9.00. The molecule has 1 aromatic rings. The number of ether oxygens (including phenoxy) is 1. The zero-order valence-corrected chi connectivity index (χ0v) is 17.3. The van der Waals surface area contributed by atoms with Crippen molar-refractivity contribution in [1.82, 2.24) is 10.6 Å². The van der Waals surface area contributed by atoms with E-state index in [1.54, 1.807) is 12.1 Å². The van der Waals surface area contributed by atoms with E-state index in [4.69, 9.17) is 17.0 Å². The van der Waals surface area contributed by atoms with Gasteiger partial charge >= 0.3 is 0 Å². The number of hydrogen-bond acceptors (Lipinski definition) is 3. The highest BCUT2D eigenvalue weighted by Gasteiger charge is 2.16. The van der Waals surface area contributed by atoms with Crippen LogP contribution in [-0.2, 0) is 0 Å². The van der Waals surface area contributed by atoms with Crippen molar-refractivity contribution < 1.29 is 9.53 Å². The van der Waals surface area contributed by atoms with Crippen molar-refractivity contribution in [3.8, 4) is 5.75 Å². The zero-order chi connectivity index (χ0) is 18.2. The number of hydrogen-bond donors (Lipinski definition) is 2. The topological polar surface area (TPSA) is 50.4 Å². The molecule has 0 radical (unpaired) electrons. The second-order valence-corrected chi connectivity index (χ2v) is 8.20. The number of amides is 1. The van der Waals surface area contributed by atoms with Crippen molar-refractivity contribution in [3.05, 3.63) is 28.2 Å². The molecule has 0 heterocycles. The van der Waals surface area contributed by atoms with Gasteiger partial charge in [0.25, 0.3) is 5.91 Å². The Kier molecular flexibility index (Phi) is 8.16. The Morgan fingerprint density at radius 1 is 1.32 bits per heavy atom. The van der Waals surface area contributed by atoms with Gasteiger partial charge in [0.2, 0.25) is 0 Å². The molecular formula is C19H27BrN2O2S. The Morgan fingerprint density at radius 2 is 2.04 bits per heavy atom. The highest BCUT2D eigenvalue weighted by Crippen LogP contribution is 2.26. The molecule has 1 aliphatic rings. The second-order valence-electron chi connectivity index (χ2n) is 6.94. The van der Waals surface area contributed by atoms with E-state index in [1.807, 2.05) is 6.07 Å². The number of benzene rings is 1. The fourth-order valence-electron chi connectivity index (χ4n) is 2.81. The Labute approximate surface area is 164 Å². The zero-order valence-electron chi connectivity index (χ0n) is 14.9. The van der Waals surface area contributed by atoms with Crippen molar-refractivity contribution in [2.45, 2.75) is 58.4 Å². The molecule has 0 aromatic heterocycles. The molecule has 6 heteroatoms. The highest BCUT2D eigenvalue weighted by molar-refractivity contribution is 9.10. The van der Waals surface area contributed by atoms with Gasteiger partial charge in [-0.3, -0.25) is 10.1 Å². The van der Waals surface area contributed by atoms with Crippen molar-refractivity contribution in [2.75, 3.05) is 6.61 Å². The number of carbonyl (C=O) groups is 1. The van der Waals surface area contributed by atoms with Crippen LogP contribution < -0.4 is 15.4 Å². The predicted molar refractivity (Wildman–Crippen MR) is 109 cm³/mol. The summed E-state index contributed by atoms with van der Waals surface area (Å²) in [6.45, 7) is 4.99. The summed E-state index contributed by atoms with van der Waals surface area (Å²) in [5.41, 5.74) is 0.552. The van der Waals surface area contributed by atoms with Crippen LogP contribution in [0.2, 0.25) is 0 Å². The van der Waals surface area contributed by atoms with Crippen LogP contribution in [0.1, 0.15) is 62.7 Å². The van der Waals surface area contributed by atoms with E-state index in [-0.39, 0.29) is 5.91 Å². The Bertz CT molecular complexity index is 601. The number of thiocarbonyl (C=S) groups is 1. The molecule has 0 saturated heterocycles. The van der Waals surface area contributed by atoms with Crippen LogP contribution in [0.15, 0.2) is 22.7 Å². The average molecular weight is 427 g/mol. The summed E-state index contributed by atoms with van der Waals surface area (Å²) < 4.78 is 6.52. The van der Waals surface area contributed by atoms with Crippen LogP contribution in [-0.4, -0.2) is 23.7 Å². The minimum atomic E-state index is -0.206. The minimum Gasteiger partial charge on any atom is -0.492 e. The van der Waals surface area contributed by atoms with Crippen LogP contribution in [0.4, 0.5) is 0 Å². The maximum absolute atomic E-state index is 12.4. The largest absolute Gasteiger partial charge is 0.492 e. The third kappa shape index (κ3) is 6.94. The van der Waals surface area contributed by atoms with Gasteiger partial charge in [0.15, 0.2) is 5.11 Å². The van der Waals surface area contributed by atoms with E-state index in [9.17, 15) is 4.79 Å². The molecule has 0 aliphatic heterocycles. The molecule has 2 rings (SSSR count). The maximum atomic E-state index is 12.4. The molecule has 0 bridgehead atoms. The van der Waals surface area contributed by atoms with Crippen molar-refractivity contribution in [1.29, 1.82) is 0 Å². The lowest BCUT2D eigenvalue weighted by molar-refractivity contribution is 0.0976. The van der Waals surface area contributed by atoms with Crippen molar-refractivity contribution >= 4 is 39.2 Å². The number of halogens is 1. The number of rotatable bonds is 6. The molecular weight excluding hydrogens is 400 g/mol. The van der Waals surface area contributed by atoms with Gasteiger partial charge in [0.05, 0.1) is 11.1 Å². The Balaban J connectivity index is 1.86. The molecule has 1 aliphatic carbocycles. The molecule has 1 amide bonds. The first kappa shape index (κ1) is 20.2. The molecule has 0 unspecified atom stereocenters. The van der Waals surface area contributed by atoms with E-state index >= 15 is 0 Å². The molecule has 1 aromatic carbocycles. The van der Waals surface area contributed by atoms with Crippen LogP contribution in [0, 0.1) is 5.92 Å². The lowest BCUT2D eigenvalue weighted by Gasteiger charge is -2.24. The molecule has 0 atom stereocenters. The smallest absolute Gasteiger partial charge is 0.257 e. The first-order valence-corrected chi connectivity index (χ1v) is 10.2. The van der Waals surface area contributed by atoms with Crippen molar-refractivity contribution in [3.63, 3.8) is 0 Å². The molecule has 25 heavy (non-hydrogen) atoms. The second kappa shape index (κ2) is 10.1. The normalized spacial score (nSPS) is 15.0. The van der Waals surface area contributed by atoms with Crippen LogP contribution in [0.25, 0.3) is 0 Å². The number of carbonyl (C=O) groups excluding carboxylic acids is 1. The van der Waals surface area contributed by atoms with Crippen LogP contribution in [0.5, 0.6) is 5.75 Å². The fraction of sp³-hybridized carbons (Fsp3) is 0.579. The molecule has 0 spiro atoms. The highest BCUT2D eigenvalue weighted by atomic mass is 79.9. The molecule has 1 fully saturated rings. The summed E-state index contributed by atoms with van der Waals surface area (Å²) in [6.07, 6.45) is 6.96. The third-order valence-corrected chi connectivity index (χ3v) is 5.15. The molecule has 1 saturated carbocycles. The summed E-state index contributed by atoms with van der Waals surface area (Å²) >= 11 is 8.75. The van der Waals surface area contributed by atoms with Gasteiger partial charge in [-0.2, -0.15) is 0 Å². The summed E-state index contributed by atoms with van der Waals surface area (Å²) in [5, 5.41) is 6.42. The van der Waals surface area contributed by atoms with Crippen LogP contribution in [0.3, 0.4) is 0 Å². The summed E-state index contributed by atoms with van der Waals surface area (Å²) in [7, 11) is 0. The first-order chi connectivity index (χ1) is 12.0. The van der Waals surface area contributed by atoms with Gasteiger partial charge in [-0.25, -0.2) is 0 Å². The standard InChI is InChI=1S/C19H27BrN2O2S/c1-13(2)10-11-24-17-9-8-14(12-16(17)20)18(23)22-19(25)21-15-6-4-3-5-7-15/h8-9,12-13,15H,3-7,10-11H2,1-2H3,(H2,21,22,23,25). The Morgan fingerprint density at radius 3 is 2.68 bits per heavy atom. The van der Waals surface area contributed by atoms with Gasteiger partial charge in [-0.05, 0) is 71.5 Å². The lowest BCUT2D eigenvalue weighted by atomic mass is 9.96. The van der Waals surface area contributed by atoms with Crippen LogP contribution >= 0.6 is 28.1 Å². The minimum absolute atomic E-state index is 0.206. The van der Waals surface area contributed by atoms with E-state index < -0.39 is 0 Å². The monoisotopic (exact) mass is 426 g/mol. The van der Waals surface area contributed by atoms with Gasteiger partial charge in [-0.15, -0.1) is 0 Å².